The highest BCUT2D eigenvalue weighted by atomic mass is 19.4. The van der Waals surface area contributed by atoms with Gasteiger partial charge in [0, 0.05) is 23.4 Å². The molecule has 0 aliphatic heterocycles. The van der Waals surface area contributed by atoms with E-state index in [1.165, 1.54) is 17.9 Å². The molecule has 0 spiro atoms. The topological polar surface area (TPSA) is 125 Å². The van der Waals surface area contributed by atoms with Gasteiger partial charge in [-0.05, 0) is 43.2 Å². The van der Waals surface area contributed by atoms with Crippen molar-refractivity contribution < 1.29 is 32.5 Å². The Morgan fingerprint density at radius 2 is 2.03 bits per heavy atom. The number of nitrogens with two attached hydrogens (primary N) is 1. The molecule has 0 unspecified atom stereocenters. The van der Waals surface area contributed by atoms with E-state index in [1.54, 1.807) is 43.5 Å². The summed E-state index contributed by atoms with van der Waals surface area (Å²) in [5.74, 6) is -1.26. The number of carboxylic acid groups (broad SMARTS) is 1. The summed E-state index contributed by atoms with van der Waals surface area (Å²) in [5, 5.41) is 17.4. The number of ether oxygens (including phenoxy) is 2. The molecule has 1 aromatic carbocycles. The Morgan fingerprint density at radius 3 is 2.58 bits per heavy atom. The predicted octanol–water partition coefficient (Wildman–Crippen LogP) is 5.75. The van der Waals surface area contributed by atoms with Gasteiger partial charge in [-0.25, -0.2) is 14.5 Å². The number of nitrogens with zero attached hydrogens (tertiary/aromatic N) is 3. The monoisotopic (exact) mass is 529 g/mol. The lowest BCUT2D eigenvalue weighted by Crippen LogP contribution is -2.18. The van der Waals surface area contributed by atoms with Gasteiger partial charge in [0.15, 0.2) is 0 Å². The van der Waals surface area contributed by atoms with Crippen LogP contribution in [0.3, 0.4) is 0 Å². The molecule has 0 saturated carbocycles. The number of carboxylic acids is 1. The van der Waals surface area contributed by atoms with Crippen molar-refractivity contribution in [2.24, 2.45) is 5.73 Å². The number of aryl methyl sites for hydroxylation is 1. The van der Waals surface area contributed by atoms with E-state index in [4.69, 9.17) is 10.5 Å². The molecule has 200 valence electrons. The molecule has 3 rings (SSSR count). The smallest absolute Gasteiger partial charge is 0.481 e. The van der Waals surface area contributed by atoms with Crippen LogP contribution in [0.2, 0.25) is 0 Å². The average molecular weight is 530 g/mol. The van der Waals surface area contributed by atoms with Crippen LogP contribution in [0.5, 0.6) is 11.6 Å². The van der Waals surface area contributed by atoms with Gasteiger partial charge >= 0.3 is 12.3 Å². The Labute approximate surface area is 216 Å². The van der Waals surface area contributed by atoms with Gasteiger partial charge in [0.2, 0.25) is 5.88 Å². The van der Waals surface area contributed by atoms with Gasteiger partial charge in [0.25, 0.3) is 0 Å². The number of rotatable bonds is 10. The van der Waals surface area contributed by atoms with Crippen LogP contribution in [-0.2, 0) is 6.42 Å². The van der Waals surface area contributed by atoms with Crippen molar-refractivity contribution in [2.45, 2.75) is 26.6 Å². The summed E-state index contributed by atoms with van der Waals surface area (Å²) < 4.78 is 48.6. The van der Waals surface area contributed by atoms with E-state index in [0.29, 0.717) is 34.7 Å². The maximum absolute atomic E-state index is 12.7. The lowest BCUT2D eigenvalue weighted by molar-refractivity contribution is -0.274. The van der Waals surface area contributed by atoms with Crippen molar-refractivity contribution in [1.29, 1.82) is 0 Å². The minimum Gasteiger partial charge on any atom is -0.481 e. The Bertz CT molecular complexity index is 1390. The first-order chi connectivity index (χ1) is 18.0. The first kappa shape index (κ1) is 27.8. The summed E-state index contributed by atoms with van der Waals surface area (Å²) in [6.07, 6.45) is 2.04. The van der Waals surface area contributed by atoms with Crippen LogP contribution in [0.1, 0.15) is 29.9 Å². The molecule has 2 aromatic heterocycles. The first-order valence-electron chi connectivity index (χ1n) is 11.3. The molecule has 0 aliphatic rings. The molecular weight excluding hydrogens is 503 g/mol. The van der Waals surface area contributed by atoms with Crippen LogP contribution in [0.25, 0.3) is 16.9 Å². The second-order valence-corrected chi connectivity index (χ2v) is 7.87. The molecule has 9 nitrogen and oxygen atoms in total. The fourth-order valence-electron chi connectivity index (χ4n) is 3.55. The van der Waals surface area contributed by atoms with Crippen molar-refractivity contribution >= 4 is 23.3 Å². The SMILES string of the molecule is C=C/C=C\C(C)=C(/N)n1nc(CC)c(-c2ccc(OC)nc2)c1Nc1ccc(OC(F)(F)F)cc1C(=O)O. The summed E-state index contributed by atoms with van der Waals surface area (Å²) in [6, 6.07) is 6.37. The average Bonchev–Trinajstić information content (AvgIpc) is 3.24. The Kier molecular flexibility index (Phi) is 8.46. The number of aromatic nitrogens is 3. The van der Waals surface area contributed by atoms with E-state index in [2.05, 4.69) is 26.7 Å². The van der Waals surface area contributed by atoms with E-state index >= 15 is 0 Å². The molecule has 0 saturated heterocycles. The normalized spacial score (nSPS) is 12.3. The fourth-order valence-corrected chi connectivity index (χ4v) is 3.55. The number of allylic oxidation sites excluding steroid dienone is 4. The molecule has 12 heteroatoms. The summed E-state index contributed by atoms with van der Waals surface area (Å²) in [5.41, 5.74) is 8.41. The van der Waals surface area contributed by atoms with Gasteiger partial charge in [-0.2, -0.15) is 5.10 Å². The lowest BCUT2D eigenvalue weighted by atomic mass is 10.1. The molecule has 38 heavy (non-hydrogen) atoms. The Balaban J connectivity index is 2.26. The fraction of sp³-hybridized carbons (Fsp3) is 0.192. The lowest BCUT2D eigenvalue weighted by Gasteiger charge is -2.16. The highest BCUT2D eigenvalue weighted by Crippen LogP contribution is 2.37. The second-order valence-electron chi connectivity index (χ2n) is 7.87. The molecule has 0 aliphatic carbocycles. The molecule has 0 fully saturated rings. The molecule has 0 bridgehead atoms. The van der Waals surface area contributed by atoms with E-state index in [-0.39, 0.29) is 17.3 Å². The third-order valence-electron chi connectivity index (χ3n) is 5.35. The molecular formula is C26H26F3N5O4. The summed E-state index contributed by atoms with van der Waals surface area (Å²) in [6.45, 7) is 7.28. The van der Waals surface area contributed by atoms with Gasteiger partial charge < -0.3 is 25.6 Å². The third kappa shape index (κ3) is 6.33. The van der Waals surface area contributed by atoms with Gasteiger partial charge in [-0.1, -0.05) is 31.7 Å². The number of hydrogen-bond acceptors (Lipinski definition) is 7. The molecule has 2 heterocycles. The molecule has 0 radical (unpaired) electrons. The number of pyridine rings is 1. The molecule has 0 atom stereocenters. The second kappa shape index (κ2) is 11.5. The van der Waals surface area contributed by atoms with Crippen LogP contribution in [0.15, 0.2) is 66.9 Å². The summed E-state index contributed by atoms with van der Waals surface area (Å²) >= 11 is 0. The van der Waals surface area contributed by atoms with E-state index in [0.717, 1.165) is 12.1 Å². The van der Waals surface area contributed by atoms with E-state index in [1.807, 2.05) is 6.92 Å². The predicted molar refractivity (Wildman–Crippen MR) is 137 cm³/mol. The van der Waals surface area contributed by atoms with Gasteiger partial charge in [-0.3, -0.25) is 0 Å². The zero-order valence-corrected chi connectivity index (χ0v) is 20.8. The highest BCUT2D eigenvalue weighted by Gasteiger charge is 2.32. The third-order valence-corrected chi connectivity index (χ3v) is 5.35. The number of halogens is 3. The maximum atomic E-state index is 12.7. The van der Waals surface area contributed by atoms with E-state index < -0.39 is 23.6 Å². The molecule has 0 amide bonds. The number of carbonyl (C=O) groups is 1. The van der Waals surface area contributed by atoms with Crippen molar-refractivity contribution in [1.82, 2.24) is 14.8 Å². The van der Waals surface area contributed by atoms with Crippen LogP contribution >= 0.6 is 0 Å². The van der Waals surface area contributed by atoms with Crippen LogP contribution < -0.4 is 20.5 Å². The summed E-state index contributed by atoms with van der Waals surface area (Å²) in [4.78, 5) is 16.2. The molecule has 4 N–H and O–H groups in total. The van der Waals surface area contributed by atoms with Crippen molar-refractivity contribution in [3.8, 4) is 22.8 Å². The van der Waals surface area contributed by atoms with Crippen molar-refractivity contribution in [3.63, 3.8) is 0 Å². The standard InChI is InChI=1S/C26H26F3N5O4/c1-5-7-8-15(3)23(30)34-24(22(19(6-2)33-34)16-9-12-21(37-4)31-14-16)32-20-11-10-17(38-26(27,28)29)13-18(20)25(35)36/h5,7-14,32H,1,6,30H2,2-4H3,(H,35,36)/b8-7-,23-15+. The quantitative estimate of drug-likeness (QED) is 0.284. The Morgan fingerprint density at radius 1 is 1.29 bits per heavy atom. The highest BCUT2D eigenvalue weighted by molar-refractivity contribution is 5.97. The van der Waals surface area contributed by atoms with Crippen LogP contribution in [0, 0.1) is 0 Å². The number of hydrogen-bond donors (Lipinski definition) is 3. The number of methoxy groups -OCH3 is 1. The zero-order valence-electron chi connectivity index (χ0n) is 20.8. The number of anilines is 2. The van der Waals surface area contributed by atoms with Crippen LogP contribution in [-0.4, -0.2) is 39.3 Å². The van der Waals surface area contributed by atoms with Gasteiger partial charge in [0.05, 0.1) is 24.1 Å². The zero-order chi connectivity index (χ0) is 28.0. The maximum Gasteiger partial charge on any atom is 0.573 e. The van der Waals surface area contributed by atoms with E-state index in [9.17, 15) is 23.1 Å². The van der Waals surface area contributed by atoms with Crippen molar-refractivity contribution in [3.05, 3.63) is 78.2 Å². The number of nitrogens with one attached hydrogen (secondary N) is 1. The summed E-state index contributed by atoms with van der Waals surface area (Å²) in [7, 11) is 1.48. The number of aromatic carboxylic acids is 1. The number of benzene rings is 1. The minimum atomic E-state index is -4.98. The minimum absolute atomic E-state index is 0.00867. The van der Waals surface area contributed by atoms with Crippen molar-refractivity contribution in [2.75, 3.05) is 12.4 Å². The van der Waals surface area contributed by atoms with Gasteiger partial charge in [-0.15, -0.1) is 13.2 Å². The number of alkyl halides is 3. The first-order valence-corrected chi connectivity index (χ1v) is 11.3. The Hall–Kier alpha value is -4.74. The van der Waals surface area contributed by atoms with Crippen LogP contribution in [0.4, 0.5) is 24.7 Å². The largest absolute Gasteiger partial charge is 0.573 e. The van der Waals surface area contributed by atoms with Gasteiger partial charge in [0.1, 0.15) is 17.4 Å². The molecule has 3 aromatic rings.